The minimum absolute atomic E-state index is 0.00408. The van der Waals surface area contributed by atoms with E-state index in [-0.39, 0.29) is 22.6 Å². The number of ether oxygens (including phenoxy) is 2. The van der Waals surface area contributed by atoms with Crippen molar-refractivity contribution in [2.24, 2.45) is 0 Å². The van der Waals surface area contributed by atoms with Crippen LogP contribution in [0.15, 0.2) is 82.4 Å². The Morgan fingerprint density at radius 3 is 2.54 bits per heavy atom. The molecule has 1 N–H and O–H groups in total. The molecule has 0 unspecified atom stereocenters. The van der Waals surface area contributed by atoms with Crippen LogP contribution in [-0.4, -0.2) is 39.6 Å². The van der Waals surface area contributed by atoms with E-state index in [1.54, 1.807) is 42.5 Å². The van der Waals surface area contributed by atoms with Crippen LogP contribution in [0.4, 0.5) is 0 Å². The maximum Gasteiger partial charge on any atom is 0.266 e. The Kier molecular flexibility index (Phi) is 6.81. The molecule has 0 saturated heterocycles. The van der Waals surface area contributed by atoms with Crippen LogP contribution in [0.1, 0.15) is 5.01 Å². The monoisotopic (exact) mass is 528 g/mol. The van der Waals surface area contributed by atoms with E-state index in [0.29, 0.717) is 38.3 Å². The molecule has 0 aliphatic heterocycles. The van der Waals surface area contributed by atoms with E-state index in [1.807, 2.05) is 24.3 Å². The normalized spacial score (nSPS) is 11.8. The Morgan fingerprint density at radius 2 is 1.81 bits per heavy atom. The van der Waals surface area contributed by atoms with Gasteiger partial charge < -0.3 is 14.6 Å². The van der Waals surface area contributed by atoms with Crippen LogP contribution in [0, 0.1) is 11.3 Å². The van der Waals surface area contributed by atoms with Crippen molar-refractivity contribution in [1.82, 2.24) is 14.5 Å². The van der Waals surface area contributed by atoms with Crippen molar-refractivity contribution in [3.63, 3.8) is 0 Å². The summed E-state index contributed by atoms with van der Waals surface area (Å²) >= 11 is 2.46. The SMILES string of the molecule is COc1ccc(OC)c(-n2c(SC/C(O)=C(\C#N)c3nc4ccccc4s3)nc3ccccc3c2=O)c1. The molecule has 5 rings (SSSR count). The van der Waals surface area contributed by atoms with E-state index in [0.717, 1.165) is 22.0 Å². The molecule has 2 aromatic heterocycles. The number of fused-ring (bicyclic) bond motifs is 2. The van der Waals surface area contributed by atoms with Crippen molar-refractivity contribution in [2.75, 3.05) is 20.0 Å². The number of thioether (sulfide) groups is 1. The summed E-state index contributed by atoms with van der Waals surface area (Å²) in [5, 5.41) is 21.9. The van der Waals surface area contributed by atoms with E-state index in [4.69, 9.17) is 14.5 Å². The Balaban J connectivity index is 1.61. The second-order valence-electron chi connectivity index (χ2n) is 7.80. The van der Waals surface area contributed by atoms with E-state index in [1.165, 1.54) is 30.1 Å². The summed E-state index contributed by atoms with van der Waals surface area (Å²) in [5.74, 6) is 0.833. The van der Waals surface area contributed by atoms with Gasteiger partial charge in [0, 0.05) is 6.07 Å². The smallest absolute Gasteiger partial charge is 0.266 e. The zero-order valence-electron chi connectivity index (χ0n) is 19.8. The maximum absolute atomic E-state index is 13.7. The number of aromatic nitrogens is 3. The third kappa shape index (κ3) is 4.62. The lowest BCUT2D eigenvalue weighted by Crippen LogP contribution is -2.22. The summed E-state index contributed by atoms with van der Waals surface area (Å²) in [6.07, 6.45) is 0. The van der Waals surface area contributed by atoms with Gasteiger partial charge in [0.25, 0.3) is 5.56 Å². The first-order chi connectivity index (χ1) is 18.0. The van der Waals surface area contributed by atoms with Gasteiger partial charge in [0.1, 0.15) is 33.9 Å². The number of methoxy groups -OCH3 is 2. The van der Waals surface area contributed by atoms with Crippen LogP contribution in [0.3, 0.4) is 0 Å². The molecule has 0 aliphatic carbocycles. The number of aliphatic hydroxyl groups excluding tert-OH is 1. The molecule has 3 aromatic carbocycles. The average Bonchev–Trinajstić information content (AvgIpc) is 3.36. The maximum atomic E-state index is 13.7. The number of hydrogen-bond donors (Lipinski definition) is 1. The quantitative estimate of drug-likeness (QED) is 0.126. The minimum atomic E-state index is -0.296. The highest BCUT2D eigenvalue weighted by Crippen LogP contribution is 2.33. The number of hydrogen-bond acceptors (Lipinski definition) is 9. The number of thiazole rings is 1. The van der Waals surface area contributed by atoms with Crippen molar-refractivity contribution < 1.29 is 14.6 Å². The summed E-state index contributed by atoms with van der Waals surface area (Å²) in [4.78, 5) is 22.8. The molecular weight excluding hydrogens is 508 g/mol. The second kappa shape index (κ2) is 10.3. The number of nitrogens with zero attached hydrogens (tertiary/aromatic N) is 4. The molecule has 0 amide bonds. The molecule has 0 radical (unpaired) electrons. The molecule has 0 fully saturated rings. The Labute approximate surface area is 220 Å². The van der Waals surface area contributed by atoms with E-state index >= 15 is 0 Å². The second-order valence-corrected chi connectivity index (χ2v) is 9.77. The minimum Gasteiger partial charge on any atom is -0.510 e. The lowest BCUT2D eigenvalue weighted by Gasteiger charge is -2.16. The highest BCUT2D eigenvalue weighted by atomic mass is 32.2. The summed E-state index contributed by atoms with van der Waals surface area (Å²) in [5.41, 5.74) is 1.51. The van der Waals surface area contributed by atoms with Crippen molar-refractivity contribution in [2.45, 2.75) is 5.16 Å². The first-order valence-corrected chi connectivity index (χ1v) is 12.9. The summed E-state index contributed by atoms with van der Waals surface area (Å²) < 4.78 is 13.3. The number of aliphatic hydroxyl groups is 1. The van der Waals surface area contributed by atoms with E-state index in [9.17, 15) is 15.2 Å². The van der Waals surface area contributed by atoms with E-state index in [2.05, 4.69) is 11.1 Å². The molecule has 0 bridgehead atoms. The van der Waals surface area contributed by atoms with Crippen LogP contribution in [0.25, 0.3) is 32.4 Å². The molecular formula is C27H20N4O4S2. The van der Waals surface area contributed by atoms with Crippen molar-refractivity contribution in [1.29, 1.82) is 5.26 Å². The number of benzene rings is 3. The molecule has 0 spiro atoms. The highest BCUT2D eigenvalue weighted by molar-refractivity contribution is 7.99. The molecule has 2 heterocycles. The molecule has 8 nitrogen and oxygen atoms in total. The van der Waals surface area contributed by atoms with Crippen LogP contribution in [0.5, 0.6) is 11.5 Å². The van der Waals surface area contributed by atoms with Gasteiger partial charge in [0.15, 0.2) is 5.16 Å². The van der Waals surface area contributed by atoms with Crippen LogP contribution < -0.4 is 15.0 Å². The fourth-order valence-electron chi connectivity index (χ4n) is 3.81. The van der Waals surface area contributed by atoms with Crippen LogP contribution in [0.2, 0.25) is 0 Å². The van der Waals surface area contributed by atoms with Gasteiger partial charge in [-0.2, -0.15) is 5.26 Å². The topological polar surface area (TPSA) is 110 Å². The van der Waals surface area contributed by atoms with E-state index < -0.39 is 0 Å². The first-order valence-electron chi connectivity index (χ1n) is 11.1. The molecule has 0 atom stereocenters. The lowest BCUT2D eigenvalue weighted by molar-refractivity contribution is 0.400. The molecule has 0 aliphatic rings. The largest absolute Gasteiger partial charge is 0.510 e. The van der Waals surface area contributed by atoms with Gasteiger partial charge in [0.05, 0.1) is 46.8 Å². The molecule has 37 heavy (non-hydrogen) atoms. The average molecular weight is 529 g/mol. The summed E-state index contributed by atoms with van der Waals surface area (Å²) in [6, 6.07) is 21.8. The zero-order valence-corrected chi connectivity index (χ0v) is 21.5. The van der Waals surface area contributed by atoms with Gasteiger partial charge in [-0.15, -0.1) is 11.3 Å². The van der Waals surface area contributed by atoms with Crippen molar-refractivity contribution >= 4 is 49.8 Å². The summed E-state index contributed by atoms with van der Waals surface area (Å²) in [7, 11) is 3.06. The standard InChI is InChI=1S/C27H20N4O4S2/c1-34-16-11-12-23(35-2)21(13-16)31-26(33)17-7-3-4-8-19(17)30-27(31)36-15-22(32)18(14-28)25-29-20-9-5-6-10-24(20)37-25/h3-13,32H,15H2,1-2H3/b22-18-. The fraction of sp³-hybridized carbons (Fsp3) is 0.111. The number of para-hydroxylation sites is 2. The van der Waals surface area contributed by atoms with Gasteiger partial charge in [-0.25, -0.2) is 9.97 Å². The van der Waals surface area contributed by atoms with Gasteiger partial charge >= 0.3 is 0 Å². The number of rotatable bonds is 7. The molecule has 184 valence electrons. The zero-order chi connectivity index (χ0) is 25.9. The van der Waals surface area contributed by atoms with Crippen LogP contribution >= 0.6 is 23.1 Å². The Hall–Kier alpha value is -4.33. The van der Waals surface area contributed by atoms with Crippen LogP contribution in [-0.2, 0) is 0 Å². The molecule has 5 aromatic rings. The number of allylic oxidation sites excluding steroid dienone is 1. The van der Waals surface area contributed by atoms with Gasteiger partial charge in [-0.3, -0.25) is 9.36 Å². The predicted molar refractivity (Wildman–Crippen MR) is 146 cm³/mol. The highest BCUT2D eigenvalue weighted by Gasteiger charge is 2.20. The Bertz CT molecular complexity index is 1740. The van der Waals surface area contributed by atoms with Crippen molar-refractivity contribution in [3.8, 4) is 23.3 Å². The van der Waals surface area contributed by atoms with Crippen molar-refractivity contribution in [3.05, 3.63) is 87.9 Å². The summed E-state index contributed by atoms with van der Waals surface area (Å²) in [6.45, 7) is 0. The predicted octanol–water partition coefficient (Wildman–Crippen LogP) is 5.60. The lowest BCUT2D eigenvalue weighted by atomic mass is 10.2. The number of nitriles is 1. The van der Waals surface area contributed by atoms with Gasteiger partial charge in [0.2, 0.25) is 0 Å². The molecule has 0 saturated carbocycles. The molecule has 10 heteroatoms. The van der Waals surface area contributed by atoms with Gasteiger partial charge in [-0.1, -0.05) is 36.0 Å². The van der Waals surface area contributed by atoms with Gasteiger partial charge in [-0.05, 0) is 36.4 Å². The first kappa shape index (κ1) is 24.4. The third-order valence-corrected chi connectivity index (χ3v) is 7.62. The third-order valence-electron chi connectivity index (χ3n) is 5.62. The Morgan fingerprint density at radius 1 is 1.05 bits per heavy atom. The fourth-order valence-corrected chi connectivity index (χ4v) is 5.68.